The van der Waals surface area contributed by atoms with E-state index in [-0.39, 0.29) is 5.75 Å². The second-order valence-corrected chi connectivity index (χ2v) is 3.23. The van der Waals surface area contributed by atoms with E-state index in [2.05, 4.69) is 0 Å². The summed E-state index contributed by atoms with van der Waals surface area (Å²) in [5.74, 6) is 0.600. The third-order valence-corrected chi connectivity index (χ3v) is 2.18. The third-order valence-electron chi connectivity index (χ3n) is 1.88. The van der Waals surface area contributed by atoms with Gasteiger partial charge in [-0.15, -0.1) is 0 Å². The topological polar surface area (TPSA) is 46.5 Å². The SMILES string of the molecule is COc1cc(CCC=O)c(O)cc1Cl. The summed E-state index contributed by atoms with van der Waals surface area (Å²) in [7, 11) is 1.50. The largest absolute Gasteiger partial charge is 0.508 e. The maximum atomic E-state index is 10.2. The number of phenols is 1. The zero-order valence-electron chi connectivity index (χ0n) is 7.79. The first-order valence-electron chi connectivity index (χ1n) is 4.18. The van der Waals surface area contributed by atoms with E-state index in [1.54, 1.807) is 6.07 Å². The number of phenolic OH excluding ortho intramolecular Hbond substituents is 1. The number of carbonyl (C=O) groups excluding carboxylic acids is 1. The van der Waals surface area contributed by atoms with E-state index in [0.29, 0.717) is 29.2 Å². The molecule has 0 bridgehead atoms. The van der Waals surface area contributed by atoms with E-state index in [1.807, 2.05) is 0 Å². The van der Waals surface area contributed by atoms with Gasteiger partial charge in [0.2, 0.25) is 0 Å². The Morgan fingerprint density at radius 1 is 1.57 bits per heavy atom. The Morgan fingerprint density at radius 2 is 2.29 bits per heavy atom. The van der Waals surface area contributed by atoms with Crippen LogP contribution in [0, 0.1) is 0 Å². The minimum Gasteiger partial charge on any atom is -0.508 e. The molecule has 14 heavy (non-hydrogen) atoms. The van der Waals surface area contributed by atoms with Crippen molar-refractivity contribution in [3.63, 3.8) is 0 Å². The van der Waals surface area contributed by atoms with Gasteiger partial charge in [0.15, 0.2) is 0 Å². The van der Waals surface area contributed by atoms with Crippen LogP contribution in [-0.4, -0.2) is 18.5 Å². The fourth-order valence-corrected chi connectivity index (χ4v) is 1.39. The molecule has 0 aliphatic carbocycles. The average Bonchev–Trinajstić information content (AvgIpc) is 2.17. The summed E-state index contributed by atoms with van der Waals surface area (Å²) in [4.78, 5) is 10.2. The van der Waals surface area contributed by atoms with E-state index in [1.165, 1.54) is 13.2 Å². The normalized spacial score (nSPS) is 9.86. The van der Waals surface area contributed by atoms with Crippen molar-refractivity contribution < 1.29 is 14.6 Å². The smallest absolute Gasteiger partial charge is 0.137 e. The van der Waals surface area contributed by atoms with E-state index in [4.69, 9.17) is 16.3 Å². The number of methoxy groups -OCH3 is 1. The fraction of sp³-hybridized carbons (Fsp3) is 0.300. The molecule has 0 spiro atoms. The zero-order valence-corrected chi connectivity index (χ0v) is 8.54. The molecule has 0 aliphatic heterocycles. The number of hydrogen-bond acceptors (Lipinski definition) is 3. The molecule has 1 rings (SSSR count). The Morgan fingerprint density at radius 3 is 2.86 bits per heavy atom. The van der Waals surface area contributed by atoms with Gasteiger partial charge in [0.05, 0.1) is 12.1 Å². The predicted octanol–water partition coefficient (Wildman–Crippen LogP) is 2.19. The third kappa shape index (κ3) is 2.39. The molecular formula is C10H11ClO3. The molecule has 0 aliphatic rings. The van der Waals surface area contributed by atoms with Crippen LogP contribution in [0.2, 0.25) is 5.02 Å². The quantitative estimate of drug-likeness (QED) is 0.782. The molecule has 0 saturated heterocycles. The molecule has 0 radical (unpaired) electrons. The standard InChI is InChI=1S/C10H11ClO3/c1-14-10-5-7(3-2-4-12)9(13)6-8(10)11/h4-6,13H,2-3H2,1H3. The molecule has 3 nitrogen and oxygen atoms in total. The van der Waals surface area contributed by atoms with Gasteiger partial charge in [-0.1, -0.05) is 11.6 Å². The highest BCUT2D eigenvalue weighted by molar-refractivity contribution is 6.32. The van der Waals surface area contributed by atoms with Crippen LogP contribution in [0.5, 0.6) is 11.5 Å². The maximum absolute atomic E-state index is 10.2. The summed E-state index contributed by atoms with van der Waals surface area (Å²) in [6.07, 6.45) is 1.67. The number of carbonyl (C=O) groups is 1. The van der Waals surface area contributed by atoms with Crippen LogP contribution in [0.1, 0.15) is 12.0 Å². The minimum atomic E-state index is 0.0950. The molecule has 1 aromatic rings. The van der Waals surface area contributed by atoms with E-state index in [9.17, 15) is 9.90 Å². The van der Waals surface area contributed by atoms with Crippen LogP contribution in [0.25, 0.3) is 0 Å². The van der Waals surface area contributed by atoms with Crippen LogP contribution in [0.4, 0.5) is 0 Å². The van der Waals surface area contributed by atoms with Crippen LogP contribution < -0.4 is 4.74 Å². The number of aromatic hydroxyl groups is 1. The maximum Gasteiger partial charge on any atom is 0.137 e. The van der Waals surface area contributed by atoms with Crippen molar-refractivity contribution in [2.75, 3.05) is 7.11 Å². The molecule has 0 saturated carbocycles. The van der Waals surface area contributed by atoms with Crippen molar-refractivity contribution >= 4 is 17.9 Å². The summed E-state index contributed by atoms with van der Waals surface area (Å²) in [5, 5.41) is 9.84. The van der Waals surface area contributed by atoms with Gasteiger partial charge < -0.3 is 14.6 Å². The lowest BCUT2D eigenvalue weighted by Gasteiger charge is -2.07. The van der Waals surface area contributed by atoms with Crippen LogP contribution in [0.15, 0.2) is 12.1 Å². The molecule has 1 N–H and O–H groups in total. The first-order valence-corrected chi connectivity index (χ1v) is 4.56. The van der Waals surface area contributed by atoms with E-state index in [0.717, 1.165) is 6.29 Å². The molecule has 0 aromatic heterocycles. The molecule has 4 heteroatoms. The van der Waals surface area contributed by atoms with Gasteiger partial charge in [0.25, 0.3) is 0 Å². The monoisotopic (exact) mass is 214 g/mol. The lowest BCUT2D eigenvalue weighted by molar-refractivity contribution is -0.107. The lowest BCUT2D eigenvalue weighted by Crippen LogP contribution is -1.91. The summed E-state index contributed by atoms with van der Waals surface area (Å²) in [5.41, 5.74) is 0.665. The van der Waals surface area contributed by atoms with Crippen LogP contribution in [-0.2, 0) is 11.2 Å². The average molecular weight is 215 g/mol. The van der Waals surface area contributed by atoms with Gasteiger partial charge >= 0.3 is 0 Å². The predicted molar refractivity (Wildman–Crippen MR) is 54.1 cm³/mol. The number of hydrogen-bond donors (Lipinski definition) is 1. The van der Waals surface area contributed by atoms with Gasteiger partial charge in [0, 0.05) is 12.5 Å². The van der Waals surface area contributed by atoms with Crippen molar-refractivity contribution in [2.24, 2.45) is 0 Å². The molecule has 1 aromatic carbocycles. The van der Waals surface area contributed by atoms with Crippen molar-refractivity contribution in [1.82, 2.24) is 0 Å². The molecular weight excluding hydrogens is 204 g/mol. The first kappa shape index (κ1) is 10.9. The van der Waals surface area contributed by atoms with E-state index < -0.39 is 0 Å². The van der Waals surface area contributed by atoms with Gasteiger partial charge in [0.1, 0.15) is 17.8 Å². The molecule has 0 unspecified atom stereocenters. The highest BCUT2D eigenvalue weighted by atomic mass is 35.5. The summed E-state index contributed by atoms with van der Waals surface area (Å²) in [6.45, 7) is 0. The molecule has 0 fully saturated rings. The number of rotatable bonds is 4. The van der Waals surface area contributed by atoms with Gasteiger partial charge in [-0.05, 0) is 18.1 Å². The number of halogens is 1. The Balaban J connectivity index is 2.98. The number of benzene rings is 1. The number of aldehydes is 1. The molecule has 76 valence electrons. The van der Waals surface area contributed by atoms with Gasteiger partial charge in [-0.25, -0.2) is 0 Å². The van der Waals surface area contributed by atoms with Gasteiger partial charge in [-0.2, -0.15) is 0 Å². The molecule has 0 amide bonds. The van der Waals surface area contributed by atoms with Crippen LogP contribution >= 0.6 is 11.6 Å². The highest BCUT2D eigenvalue weighted by Crippen LogP contribution is 2.32. The van der Waals surface area contributed by atoms with Gasteiger partial charge in [-0.3, -0.25) is 0 Å². The van der Waals surface area contributed by atoms with Crippen molar-refractivity contribution in [2.45, 2.75) is 12.8 Å². The molecule has 0 atom stereocenters. The summed E-state index contributed by atoms with van der Waals surface area (Å²) < 4.78 is 4.99. The first-order chi connectivity index (χ1) is 6.69. The number of ether oxygens (including phenoxy) is 1. The molecule has 0 heterocycles. The number of aryl methyl sites for hydroxylation is 1. The fourth-order valence-electron chi connectivity index (χ4n) is 1.16. The highest BCUT2D eigenvalue weighted by Gasteiger charge is 2.07. The van der Waals surface area contributed by atoms with Crippen LogP contribution in [0.3, 0.4) is 0 Å². The second kappa shape index (κ2) is 4.86. The Bertz CT molecular complexity index is 336. The summed E-state index contributed by atoms with van der Waals surface area (Å²) >= 11 is 5.78. The van der Waals surface area contributed by atoms with Crippen molar-refractivity contribution in [1.29, 1.82) is 0 Å². The summed E-state index contributed by atoms with van der Waals surface area (Å²) in [6, 6.07) is 3.06. The Kier molecular flexibility index (Phi) is 3.77. The minimum absolute atomic E-state index is 0.0950. The lowest BCUT2D eigenvalue weighted by atomic mass is 10.1. The van der Waals surface area contributed by atoms with Crippen molar-refractivity contribution in [3.8, 4) is 11.5 Å². The van der Waals surface area contributed by atoms with E-state index >= 15 is 0 Å². The Labute approximate surface area is 87.3 Å². The Hall–Kier alpha value is -1.22. The second-order valence-electron chi connectivity index (χ2n) is 2.82. The zero-order chi connectivity index (χ0) is 10.6. The van der Waals surface area contributed by atoms with Crippen molar-refractivity contribution in [3.05, 3.63) is 22.7 Å².